The molecular weight excluding hydrogens is 335 g/mol. The number of halogens is 3. The Bertz CT molecular complexity index is 543. The molecule has 4 heteroatoms. The lowest BCUT2D eigenvalue weighted by Gasteiger charge is -2.14. The first-order chi connectivity index (χ1) is 8.09. The SMILES string of the molecule is NC(c1ccc(F)c(F)c1)c1ccccc1I. The van der Waals surface area contributed by atoms with Crippen molar-refractivity contribution in [1.82, 2.24) is 0 Å². The largest absolute Gasteiger partial charge is 0.320 e. The highest BCUT2D eigenvalue weighted by atomic mass is 127. The molecule has 17 heavy (non-hydrogen) atoms. The highest BCUT2D eigenvalue weighted by Crippen LogP contribution is 2.25. The average Bonchev–Trinajstić information content (AvgIpc) is 2.32. The summed E-state index contributed by atoms with van der Waals surface area (Å²) in [6.07, 6.45) is 0. The molecule has 0 aliphatic rings. The summed E-state index contributed by atoms with van der Waals surface area (Å²) in [6, 6.07) is 10.9. The molecule has 1 nitrogen and oxygen atoms in total. The van der Waals surface area contributed by atoms with E-state index in [-0.39, 0.29) is 0 Å². The molecule has 2 N–H and O–H groups in total. The normalized spacial score (nSPS) is 12.5. The van der Waals surface area contributed by atoms with E-state index in [2.05, 4.69) is 22.6 Å². The zero-order valence-electron chi connectivity index (χ0n) is 8.83. The lowest BCUT2D eigenvalue weighted by molar-refractivity contribution is 0.506. The van der Waals surface area contributed by atoms with E-state index in [1.807, 2.05) is 24.3 Å². The van der Waals surface area contributed by atoms with Crippen LogP contribution in [0.4, 0.5) is 8.78 Å². The van der Waals surface area contributed by atoms with E-state index in [1.165, 1.54) is 6.07 Å². The van der Waals surface area contributed by atoms with Crippen LogP contribution >= 0.6 is 22.6 Å². The van der Waals surface area contributed by atoms with E-state index in [0.29, 0.717) is 5.56 Å². The summed E-state index contributed by atoms with van der Waals surface area (Å²) in [5.74, 6) is -1.73. The topological polar surface area (TPSA) is 26.0 Å². The van der Waals surface area contributed by atoms with Gasteiger partial charge in [-0.25, -0.2) is 8.78 Å². The maximum Gasteiger partial charge on any atom is 0.159 e. The third-order valence-corrected chi connectivity index (χ3v) is 3.53. The Balaban J connectivity index is 2.40. The van der Waals surface area contributed by atoms with Crippen molar-refractivity contribution in [3.05, 3.63) is 68.8 Å². The number of benzene rings is 2. The second-order valence-corrected chi connectivity index (χ2v) is 4.83. The fourth-order valence-electron chi connectivity index (χ4n) is 1.61. The molecule has 0 fully saturated rings. The van der Waals surface area contributed by atoms with Crippen LogP contribution in [0.25, 0.3) is 0 Å². The van der Waals surface area contributed by atoms with Crippen LogP contribution < -0.4 is 5.73 Å². The Kier molecular flexibility index (Phi) is 3.73. The van der Waals surface area contributed by atoms with Crippen molar-refractivity contribution < 1.29 is 8.78 Å². The van der Waals surface area contributed by atoms with Gasteiger partial charge in [-0.3, -0.25) is 0 Å². The molecule has 0 aromatic heterocycles. The first kappa shape index (κ1) is 12.4. The Morgan fingerprint density at radius 3 is 2.35 bits per heavy atom. The van der Waals surface area contributed by atoms with Gasteiger partial charge in [-0.05, 0) is 51.9 Å². The van der Waals surface area contributed by atoms with E-state index < -0.39 is 17.7 Å². The molecule has 0 saturated carbocycles. The van der Waals surface area contributed by atoms with Crippen LogP contribution in [0.1, 0.15) is 17.2 Å². The van der Waals surface area contributed by atoms with Crippen molar-refractivity contribution in [2.24, 2.45) is 5.73 Å². The molecule has 88 valence electrons. The Labute approximate surface area is 112 Å². The fraction of sp³-hybridized carbons (Fsp3) is 0.0769. The van der Waals surface area contributed by atoms with Gasteiger partial charge in [-0.15, -0.1) is 0 Å². The van der Waals surface area contributed by atoms with Crippen molar-refractivity contribution in [3.63, 3.8) is 0 Å². The molecular formula is C13H10F2IN. The minimum atomic E-state index is -0.871. The van der Waals surface area contributed by atoms with Crippen molar-refractivity contribution in [2.45, 2.75) is 6.04 Å². The number of hydrogen-bond acceptors (Lipinski definition) is 1. The first-order valence-corrected chi connectivity index (χ1v) is 6.12. The van der Waals surface area contributed by atoms with Gasteiger partial charge in [0.25, 0.3) is 0 Å². The molecule has 1 unspecified atom stereocenters. The summed E-state index contributed by atoms with van der Waals surface area (Å²) >= 11 is 2.17. The first-order valence-electron chi connectivity index (χ1n) is 5.04. The van der Waals surface area contributed by atoms with E-state index in [1.54, 1.807) is 0 Å². The molecule has 0 aliphatic heterocycles. The molecule has 2 aromatic rings. The van der Waals surface area contributed by atoms with Gasteiger partial charge in [0.05, 0.1) is 6.04 Å². The molecule has 2 rings (SSSR count). The highest BCUT2D eigenvalue weighted by molar-refractivity contribution is 14.1. The van der Waals surface area contributed by atoms with Crippen molar-refractivity contribution in [1.29, 1.82) is 0 Å². The summed E-state index contributed by atoms with van der Waals surface area (Å²) in [4.78, 5) is 0. The van der Waals surface area contributed by atoms with Crippen LogP contribution in [0.15, 0.2) is 42.5 Å². The standard InChI is InChI=1S/C13H10F2IN/c14-10-6-5-8(7-11(10)15)13(17)9-3-1-2-4-12(9)16/h1-7,13H,17H2. The van der Waals surface area contributed by atoms with Crippen molar-refractivity contribution in [2.75, 3.05) is 0 Å². The Morgan fingerprint density at radius 2 is 1.71 bits per heavy atom. The maximum atomic E-state index is 13.1. The number of nitrogens with two attached hydrogens (primary N) is 1. The minimum Gasteiger partial charge on any atom is -0.320 e. The third-order valence-electron chi connectivity index (χ3n) is 2.54. The van der Waals surface area contributed by atoms with Crippen LogP contribution in [-0.4, -0.2) is 0 Å². The molecule has 0 heterocycles. The molecule has 1 atom stereocenters. The summed E-state index contributed by atoms with van der Waals surface area (Å²) in [5.41, 5.74) is 7.51. The molecule has 0 amide bonds. The highest BCUT2D eigenvalue weighted by Gasteiger charge is 2.13. The van der Waals surface area contributed by atoms with Gasteiger partial charge in [0.1, 0.15) is 0 Å². The lowest BCUT2D eigenvalue weighted by Crippen LogP contribution is -2.13. The molecule has 0 radical (unpaired) electrons. The van der Waals surface area contributed by atoms with Gasteiger partial charge in [-0.2, -0.15) is 0 Å². The van der Waals surface area contributed by atoms with E-state index in [0.717, 1.165) is 21.3 Å². The van der Waals surface area contributed by atoms with E-state index in [9.17, 15) is 8.78 Å². The summed E-state index contributed by atoms with van der Waals surface area (Å²) < 4.78 is 27.0. The minimum absolute atomic E-state index is 0.446. The van der Waals surface area contributed by atoms with Gasteiger partial charge in [-0.1, -0.05) is 24.3 Å². The summed E-state index contributed by atoms with van der Waals surface area (Å²) in [6.45, 7) is 0. The van der Waals surface area contributed by atoms with Gasteiger partial charge in [0.2, 0.25) is 0 Å². The molecule has 0 spiro atoms. The van der Waals surface area contributed by atoms with Gasteiger partial charge < -0.3 is 5.73 Å². The Morgan fingerprint density at radius 1 is 1.00 bits per heavy atom. The quantitative estimate of drug-likeness (QED) is 0.827. The van der Waals surface area contributed by atoms with E-state index >= 15 is 0 Å². The lowest BCUT2D eigenvalue weighted by atomic mass is 9.99. The Hall–Kier alpha value is -1.01. The second-order valence-electron chi connectivity index (χ2n) is 3.67. The molecule has 0 bridgehead atoms. The van der Waals surface area contributed by atoms with Crippen molar-refractivity contribution in [3.8, 4) is 0 Å². The second kappa shape index (κ2) is 5.10. The monoisotopic (exact) mass is 345 g/mol. The van der Waals surface area contributed by atoms with Crippen LogP contribution in [0.2, 0.25) is 0 Å². The summed E-state index contributed by atoms with van der Waals surface area (Å²) in [5, 5.41) is 0. The zero-order valence-corrected chi connectivity index (χ0v) is 11.0. The molecule has 2 aromatic carbocycles. The van der Waals surface area contributed by atoms with Gasteiger partial charge in [0, 0.05) is 3.57 Å². The summed E-state index contributed by atoms with van der Waals surface area (Å²) in [7, 11) is 0. The third kappa shape index (κ3) is 2.63. The average molecular weight is 345 g/mol. The van der Waals surface area contributed by atoms with Crippen LogP contribution in [0, 0.1) is 15.2 Å². The van der Waals surface area contributed by atoms with Crippen LogP contribution in [-0.2, 0) is 0 Å². The van der Waals surface area contributed by atoms with Crippen LogP contribution in [0.3, 0.4) is 0 Å². The van der Waals surface area contributed by atoms with Gasteiger partial charge in [0.15, 0.2) is 11.6 Å². The zero-order chi connectivity index (χ0) is 12.4. The van der Waals surface area contributed by atoms with Gasteiger partial charge >= 0.3 is 0 Å². The van der Waals surface area contributed by atoms with Crippen molar-refractivity contribution >= 4 is 22.6 Å². The number of hydrogen-bond donors (Lipinski definition) is 1. The number of rotatable bonds is 2. The fourth-order valence-corrected chi connectivity index (χ4v) is 2.34. The van der Waals surface area contributed by atoms with Crippen LogP contribution in [0.5, 0.6) is 0 Å². The maximum absolute atomic E-state index is 13.1. The molecule has 0 aliphatic carbocycles. The smallest absolute Gasteiger partial charge is 0.159 e. The van der Waals surface area contributed by atoms with E-state index in [4.69, 9.17) is 5.73 Å². The molecule has 0 saturated heterocycles. The predicted octanol–water partition coefficient (Wildman–Crippen LogP) is 3.62. The predicted molar refractivity (Wildman–Crippen MR) is 71.5 cm³/mol.